The van der Waals surface area contributed by atoms with Crippen LogP contribution < -0.4 is 0 Å². The van der Waals surface area contributed by atoms with E-state index in [1.54, 1.807) is 18.2 Å². The molecule has 16 heavy (non-hydrogen) atoms. The van der Waals surface area contributed by atoms with Crippen molar-refractivity contribution in [3.63, 3.8) is 0 Å². The normalized spacial score (nSPS) is 28.5. The summed E-state index contributed by atoms with van der Waals surface area (Å²) in [6, 6.07) is 4.90. The van der Waals surface area contributed by atoms with E-state index in [0.717, 1.165) is 0 Å². The first-order chi connectivity index (χ1) is 7.47. The highest BCUT2D eigenvalue weighted by atomic mass is 79.9. The first-order valence-electron chi connectivity index (χ1n) is 4.87. The van der Waals surface area contributed by atoms with Gasteiger partial charge in [-0.05, 0) is 34.8 Å². The fourth-order valence-corrected chi connectivity index (χ4v) is 2.52. The van der Waals surface area contributed by atoms with E-state index in [1.807, 2.05) is 0 Å². The number of rotatable bonds is 2. The van der Waals surface area contributed by atoms with Gasteiger partial charge in [-0.2, -0.15) is 0 Å². The Bertz CT molecular complexity index is 438. The van der Waals surface area contributed by atoms with Gasteiger partial charge in [-0.1, -0.05) is 12.1 Å². The molecular weight excluding hydrogens is 276 g/mol. The highest BCUT2D eigenvalue weighted by Crippen LogP contribution is 2.48. The minimum atomic E-state index is -1.15. The van der Waals surface area contributed by atoms with E-state index in [4.69, 9.17) is 0 Å². The molecule has 4 nitrogen and oxygen atoms in total. The van der Waals surface area contributed by atoms with Gasteiger partial charge in [-0.3, -0.25) is 4.79 Å². The van der Waals surface area contributed by atoms with Crippen molar-refractivity contribution >= 4 is 21.9 Å². The van der Waals surface area contributed by atoms with Crippen LogP contribution in [0.15, 0.2) is 22.7 Å². The zero-order valence-electron chi connectivity index (χ0n) is 8.35. The Morgan fingerprint density at radius 2 is 2.06 bits per heavy atom. The van der Waals surface area contributed by atoms with Gasteiger partial charge in [0.25, 0.3) is 0 Å². The number of hydrogen-bond acceptors (Lipinski definition) is 3. The molecule has 1 aromatic rings. The van der Waals surface area contributed by atoms with Gasteiger partial charge in [0.1, 0.15) is 11.2 Å². The number of phenolic OH excluding ortho intramolecular Hbond substituents is 1. The largest absolute Gasteiger partial charge is 0.506 e. The van der Waals surface area contributed by atoms with Crippen molar-refractivity contribution in [3.8, 4) is 5.75 Å². The molecule has 0 aliphatic heterocycles. The molecule has 1 saturated carbocycles. The number of carboxylic acid groups (broad SMARTS) is 1. The molecule has 86 valence electrons. The fourth-order valence-electron chi connectivity index (χ4n) is 2.16. The maximum absolute atomic E-state index is 11.3. The molecule has 3 N–H and O–H groups in total. The molecular formula is C11H11BrO4. The van der Waals surface area contributed by atoms with Crippen LogP contribution in [0.3, 0.4) is 0 Å². The van der Waals surface area contributed by atoms with Gasteiger partial charge in [-0.25, -0.2) is 0 Å². The number of aliphatic carboxylic acids is 1. The first kappa shape index (κ1) is 11.4. The number of hydrogen-bond donors (Lipinski definition) is 3. The molecule has 0 bridgehead atoms. The Labute approximate surface area is 101 Å². The molecule has 1 aliphatic carbocycles. The molecule has 0 spiro atoms. The van der Waals surface area contributed by atoms with Crippen LogP contribution in [0.1, 0.15) is 18.4 Å². The lowest BCUT2D eigenvalue weighted by molar-refractivity contribution is -0.153. The molecule has 0 radical (unpaired) electrons. The van der Waals surface area contributed by atoms with Gasteiger partial charge >= 0.3 is 5.97 Å². The summed E-state index contributed by atoms with van der Waals surface area (Å²) in [7, 11) is 0. The van der Waals surface area contributed by atoms with Gasteiger partial charge in [0.2, 0.25) is 0 Å². The summed E-state index contributed by atoms with van der Waals surface area (Å²) in [5, 5.41) is 28.4. The second-order valence-corrected chi connectivity index (χ2v) is 4.94. The maximum atomic E-state index is 11.3. The van der Waals surface area contributed by atoms with Crippen molar-refractivity contribution in [2.75, 3.05) is 0 Å². The third kappa shape index (κ3) is 1.51. The lowest BCUT2D eigenvalue weighted by Gasteiger charge is -2.42. The summed E-state index contributed by atoms with van der Waals surface area (Å²) in [6.45, 7) is 0. The molecule has 0 unspecified atom stereocenters. The maximum Gasteiger partial charge on any atom is 0.314 e. The van der Waals surface area contributed by atoms with E-state index >= 15 is 0 Å². The quantitative estimate of drug-likeness (QED) is 0.772. The van der Waals surface area contributed by atoms with Crippen LogP contribution in [0.25, 0.3) is 0 Å². The molecule has 0 heterocycles. The van der Waals surface area contributed by atoms with Crippen molar-refractivity contribution in [2.45, 2.75) is 24.4 Å². The van der Waals surface area contributed by atoms with E-state index in [-0.39, 0.29) is 18.6 Å². The predicted octanol–water partition coefficient (Wildman–Crippen LogP) is 1.63. The van der Waals surface area contributed by atoms with E-state index in [0.29, 0.717) is 10.0 Å². The summed E-state index contributed by atoms with van der Waals surface area (Å²) >= 11 is 3.15. The van der Waals surface area contributed by atoms with E-state index in [1.165, 1.54) is 0 Å². The van der Waals surface area contributed by atoms with Crippen molar-refractivity contribution in [1.82, 2.24) is 0 Å². The van der Waals surface area contributed by atoms with Crippen molar-refractivity contribution in [3.05, 3.63) is 28.2 Å². The number of phenols is 1. The molecule has 0 aromatic heterocycles. The highest BCUT2D eigenvalue weighted by Gasteiger charge is 2.52. The van der Waals surface area contributed by atoms with Gasteiger partial charge in [0.15, 0.2) is 0 Å². The topological polar surface area (TPSA) is 77.8 Å². The van der Waals surface area contributed by atoms with Crippen LogP contribution >= 0.6 is 15.9 Å². The molecule has 1 aromatic carbocycles. The Kier molecular flexibility index (Phi) is 2.67. The van der Waals surface area contributed by atoms with Gasteiger partial charge in [0, 0.05) is 5.56 Å². The minimum Gasteiger partial charge on any atom is -0.506 e. The summed E-state index contributed by atoms with van der Waals surface area (Å²) in [4.78, 5) is 11.3. The fraction of sp³-hybridized carbons (Fsp3) is 0.364. The van der Waals surface area contributed by atoms with Crippen LogP contribution in [-0.2, 0) is 10.2 Å². The second-order valence-electron chi connectivity index (χ2n) is 4.09. The summed E-state index contributed by atoms with van der Waals surface area (Å²) in [6.07, 6.45) is -0.312. The van der Waals surface area contributed by atoms with Gasteiger partial charge in [0.05, 0.1) is 10.6 Å². The molecule has 0 saturated heterocycles. The highest BCUT2D eigenvalue weighted by molar-refractivity contribution is 9.10. The average Bonchev–Trinajstić information content (AvgIpc) is 2.17. The van der Waals surface area contributed by atoms with Crippen LogP contribution in [0.4, 0.5) is 0 Å². The van der Waals surface area contributed by atoms with Crippen molar-refractivity contribution < 1.29 is 20.1 Å². The number of aliphatic hydroxyl groups excluding tert-OH is 1. The molecule has 0 amide bonds. The summed E-state index contributed by atoms with van der Waals surface area (Å²) in [5.41, 5.74) is -0.785. The summed E-state index contributed by atoms with van der Waals surface area (Å²) < 4.78 is 0.465. The first-order valence-corrected chi connectivity index (χ1v) is 5.66. The SMILES string of the molecule is O=C(O)C1(c2cccc(Br)c2O)CC(O)C1. The average molecular weight is 287 g/mol. The number of aliphatic hydroxyl groups is 1. The third-order valence-corrected chi connectivity index (χ3v) is 3.72. The standard InChI is InChI=1S/C11H11BrO4/c12-8-3-1-2-7(9(8)14)11(10(15)16)4-6(13)5-11/h1-3,6,13-14H,4-5H2,(H,15,16). The smallest absolute Gasteiger partial charge is 0.314 e. The van der Waals surface area contributed by atoms with Crippen molar-refractivity contribution in [1.29, 1.82) is 0 Å². The van der Waals surface area contributed by atoms with E-state index < -0.39 is 17.5 Å². The number of benzene rings is 1. The van der Waals surface area contributed by atoms with E-state index in [2.05, 4.69) is 15.9 Å². The van der Waals surface area contributed by atoms with Crippen LogP contribution in [0.2, 0.25) is 0 Å². The Morgan fingerprint density at radius 3 is 2.56 bits per heavy atom. The summed E-state index contributed by atoms with van der Waals surface area (Å²) in [5.74, 6) is -1.07. The number of carbonyl (C=O) groups is 1. The van der Waals surface area contributed by atoms with E-state index in [9.17, 15) is 20.1 Å². The van der Waals surface area contributed by atoms with Crippen molar-refractivity contribution in [2.24, 2.45) is 0 Å². The van der Waals surface area contributed by atoms with Crippen LogP contribution in [-0.4, -0.2) is 27.4 Å². The monoisotopic (exact) mass is 286 g/mol. The lowest BCUT2D eigenvalue weighted by Crippen LogP contribution is -2.50. The molecule has 0 atom stereocenters. The zero-order valence-corrected chi connectivity index (χ0v) is 9.94. The molecule has 2 rings (SSSR count). The minimum absolute atomic E-state index is 0.0585. The van der Waals surface area contributed by atoms with Gasteiger partial charge < -0.3 is 15.3 Å². The number of carboxylic acids is 1. The van der Waals surface area contributed by atoms with Crippen LogP contribution in [0, 0.1) is 0 Å². The molecule has 5 heteroatoms. The van der Waals surface area contributed by atoms with Crippen LogP contribution in [0.5, 0.6) is 5.75 Å². The number of para-hydroxylation sites is 1. The number of aromatic hydroxyl groups is 1. The Balaban J connectivity index is 2.49. The molecule has 1 fully saturated rings. The molecule has 1 aliphatic rings. The van der Waals surface area contributed by atoms with Gasteiger partial charge in [-0.15, -0.1) is 0 Å². The zero-order chi connectivity index (χ0) is 11.9. The lowest BCUT2D eigenvalue weighted by atomic mass is 9.62. The Hall–Kier alpha value is -1.07. The predicted molar refractivity (Wildman–Crippen MR) is 60.4 cm³/mol. The number of halogens is 1. The third-order valence-electron chi connectivity index (χ3n) is 3.08. The Morgan fingerprint density at radius 1 is 1.44 bits per heavy atom. The second kappa shape index (κ2) is 3.75.